The molecular formula is C64H42N2. The van der Waals surface area contributed by atoms with Crippen molar-refractivity contribution in [1.29, 1.82) is 0 Å². The van der Waals surface area contributed by atoms with E-state index < -0.39 is 0 Å². The van der Waals surface area contributed by atoms with Crippen molar-refractivity contribution in [3.8, 4) is 39.1 Å². The first kappa shape index (κ1) is 37.8. The average Bonchev–Trinajstić information content (AvgIpc) is 3.74. The Hall–Kier alpha value is -8.72. The fourth-order valence-electron chi connectivity index (χ4n) is 10.7. The number of benzene rings is 12. The maximum Gasteiger partial charge on any atom is 0.0562 e. The Morgan fingerprint density at radius 1 is 0.273 bits per heavy atom. The van der Waals surface area contributed by atoms with E-state index in [1.165, 1.54) is 92.7 Å². The molecule has 1 heterocycles. The van der Waals surface area contributed by atoms with Gasteiger partial charge in [-0.2, -0.15) is 0 Å². The number of nitrogens with zero attached hydrogens (tertiary/aromatic N) is 2. The minimum absolute atomic E-state index is 1.09. The smallest absolute Gasteiger partial charge is 0.0562 e. The molecule has 0 amide bonds. The van der Waals surface area contributed by atoms with E-state index in [9.17, 15) is 0 Å². The highest BCUT2D eigenvalue weighted by Gasteiger charge is 2.24. The van der Waals surface area contributed by atoms with Crippen LogP contribution in [0.3, 0.4) is 0 Å². The molecule has 0 saturated heterocycles. The summed E-state index contributed by atoms with van der Waals surface area (Å²) in [5.74, 6) is 0. The van der Waals surface area contributed by atoms with Crippen LogP contribution in [0, 0.1) is 0 Å². The van der Waals surface area contributed by atoms with Crippen molar-refractivity contribution in [3.63, 3.8) is 0 Å². The molecule has 0 bridgehead atoms. The van der Waals surface area contributed by atoms with E-state index in [1.54, 1.807) is 0 Å². The van der Waals surface area contributed by atoms with E-state index in [4.69, 9.17) is 0 Å². The third-order valence-corrected chi connectivity index (χ3v) is 13.5. The second kappa shape index (κ2) is 15.5. The predicted molar refractivity (Wildman–Crippen MR) is 282 cm³/mol. The van der Waals surface area contributed by atoms with E-state index in [0.717, 1.165) is 28.3 Å². The Morgan fingerprint density at radius 3 is 1.50 bits per heavy atom. The maximum absolute atomic E-state index is 2.49. The van der Waals surface area contributed by atoms with Gasteiger partial charge < -0.3 is 9.47 Å². The Labute approximate surface area is 383 Å². The normalized spacial score (nSPS) is 11.6. The van der Waals surface area contributed by atoms with Gasteiger partial charge >= 0.3 is 0 Å². The zero-order valence-electron chi connectivity index (χ0n) is 36.1. The van der Waals surface area contributed by atoms with Gasteiger partial charge in [-0.3, -0.25) is 0 Å². The average molecular weight is 839 g/mol. The van der Waals surface area contributed by atoms with Gasteiger partial charge in [-0.25, -0.2) is 0 Å². The Balaban J connectivity index is 1.05. The van der Waals surface area contributed by atoms with Crippen molar-refractivity contribution in [1.82, 2.24) is 4.57 Å². The van der Waals surface area contributed by atoms with Gasteiger partial charge in [0.1, 0.15) is 0 Å². The summed E-state index contributed by atoms with van der Waals surface area (Å²) in [7, 11) is 0. The summed E-state index contributed by atoms with van der Waals surface area (Å²) < 4.78 is 2.41. The first-order chi connectivity index (χ1) is 32.8. The zero-order valence-corrected chi connectivity index (χ0v) is 36.1. The van der Waals surface area contributed by atoms with E-state index >= 15 is 0 Å². The third kappa shape index (κ3) is 6.04. The molecule has 0 spiro atoms. The Bertz CT molecular complexity index is 3960. The summed E-state index contributed by atoms with van der Waals surface area (Å²) >= 11 is 0. The van der Waals surface area contributed by atoms with E-state index in [2.05, 4.69) is 264 Å². The lowest BCUT2D eigenvalue weighted by atomic mass is 9.84. The largest absolute Gasteiger partial charge is 0.309 e. The van der Waals surface area contributed by atoms with E-state index in [1.807, 2.05) is 0 Å². The van der Waals surface area contributed by atoms with Crippen LogP contribution in [0.2, 0.25) is 0 Å². The van der Waals surface area contributed by atoms with Crippen LogP contribution in [-0.2, 0) is 0 Å². The standard InChI is InChI=1S/C64H42N2/c1-4-19-44(20-5-1)62-55-30-15-13-28-52(55)53-40-37-46(41-57(53)63(62)45-21-6-2-7-22-45)43-35-38-49(39-36-43)66(61-42-47-23-10-11-26-50(47)51-27-12-14-29-54(51)61)60-34-18-33-59-64(60)56-31-16-17-32-58(56)65(59)48-24-8-3-9-25-48/h1-42H. The highest BCUT2D eigenvalue weighted by atomic mass is 15.1. The summed E-state index contributed by atoms with van der Waals surface area (Å²) in [5, 5.41) is 12.3. The van der Waals surface area contributed by atoms with Crippen LogP contribution in [0.1, 0.15) is 0 Å². The number of anilines is 3. The Kier molecular flexibility index (Phi) is 8.89. The van der Waals surface area contributed by atoms with Crippen molar-refractivity contribution in [2.24, 2.45) is 0 Å². The lowest BCUT2D eigenvalue weighted by Crippen LogP contribution is -2.11. The molecule has 66 heavy (non-hydrogen) atoms. The highest BCUT2D eigenvalue weighted by molar-refractivity contribution is 6.23. The summed E-state index contributed by atoms with van der Waals surface area (Å²) in [5.41, 5.74) is 14.1. The van der Waals surface area contributed by atoms with Gasteiger partial charge in [-0.15, -0.1) is 0 Å². The number of hydrogen-bond acceptors (Lipinski definition) is 1. The van der Waals surface area contributed by atoms with Crippen LogP contribution >= 0.6 is 0 Å². The molecule has 0 aliphatic carbocycles. The molecule has 308 valence electrons. The molecule has 13 aromatic rings. The van der Waals surface area contributed by atoms with Crippen LogP contribution in [0.4, 0.5) is 17.1 Å². The van der Waals surface area contributed by atoms with E-state index in [-0.39, 0.29) is 0 Å². The van der Waals surface area contributed by atoms with Crippen molar-refractivity contribution in [3.05, 3.63) is 255 Å². The molecule has 0 saturated carbocycles. The molecule has 2 heteroatoms. The first-order valence-corrected chi connectivity index (χ1v) is 22.8. The molecule has 0 atom stereocenters. The second-order valence-corrected chi connectivity index (χ2v) is 17.2. The monoisotopic (exact) mass is 838 g/mol. The van der Waals surface area contributed by atoms with Crippen molar-refractivity contribution < 1.29 is 0 Å². The lowest BCUT2D eigenvalue weighted by molar-refractivity contribution is 1.18. The van der Waals surface area contributed by atoms with Gasteiger partial charge in [0, 0.05) is 27.5 Å². The molecule has 0 N–H and O–H groups in total. The van der Waals surface area contributed by atoms with Gasteiger partial charge in [0.2, 0.25) is 0 Å². The third-order valence-electron chi connectivity index (χ3n) is 13.5. The number of hydrogen-bond donors (Lipinski definition) is 0. The highest BCUT2D eigenvalue weighted by Crippen LogP contribution is 2.49. The van der Waals surface area contributed by atoms with Gasteiger partial charge in [0.05, 0.1) is 22.4 Å². The summed E-state index contributed by atoms with van der Waals surface area (Å²) in [6.45, 7) is 0. The fourth-order valence-corrected chi connectivity index (χ4v) is 10.7. The lowest BCUT2D eigenvalue weighted by Gasteiger charge is -2.28. The van der Waals surface area contributed by atoms with Crippen LogP contribution in [-0.4, -0.2) is 4.57 Å². The van der Waals surface area contributed by atoms with Crippen LogP contribution in [0.25, 0.3) is 104 Å². The number of para-hydroxylation sites is 2. The van der Waals surface area contributed by atoms with Crippen molar-refractivity contribution in [2.45, 2.75) is 0 Å². The molecule has 0 unspecified atom stereocenters. The fraction of sp³-hybridized carbons (Fsp3) is 0. The van der Waals surface area contributed by atoms with E-state index in [0.29, 0.717) is 0 Å². The second-order valence-electron chi connectivity index (χ2n) is 17.2. The minimum atomic E-state index is 1.09. The summed E-state index contributed by atoms with van der Waals surface area (Å²) in [6, 6.07) is 93.3. The number of fused-ring (bicyclic) bond motifs is 9. The number of rotatable bonds is 7. The summed E-state index contributed by atoms with van der Waals surface area (Å²) in [6.07, 6.45) is 0. The van der Waals surface area contributed by atoms with Crippen LogP contribution in [0.15, 0.2) is 255 Å². The topological polar surface area (TPSA) is 8.17 Å². The molecule has 0 fully saturated rings. The van der Waals surface area contributed by atoms with Crippen LogP contribution in [0.5, 0.6) is 0 Å². The van der Waals surface area contributed by atoms with Gasteiger partial charge in [-0.05, 0) is 126 Å². The molecule has 1 aromatic heterocycles. The molecule has 2 nitrogen and oxygen atoms in total. The van der Waals surface area contributed by atoms with Crippen molar-refractivity contribution >= 4 is 82.0 Å². The van der Waals surface area contributed by atoms with Crippen LogP contribution < -0.4 is 4.90 Å². The SMILES string of the molecule is c1ccc(-c2c(-c3ccccc3)c3cc(-c4ccc(N(c5cc6ccccc6c6ccccc56)c5cccc6c5c5ccccc5n6-c5ccccc5)cc4)ccc3c3ccccc23)cc1. The van der Waals surface area contributed by atoms with Gasteiger partial charge in [0.25, 0.3) is 0 Å². The molecular weight excluding hydrogens is 797 g/mol. The maximum atomic E-state index is 2.49. The van der Waals surface area contributed by atoms with Gasteiger partial charge in [0.15, 0.2) is 0 Å². The predicted octanol–water partition coefficient (Wildman–Crippen LogP) is 17.9. The first-order valence-electron chi connectivity index (χ1n) is 22.8. The molecule has 12 aromatic carbocycles. The summed E-state index contributed by atoms with van der Waals surface area (Å²) in [4.78, 5) is 2.49. The van der Waals surface area contributed by atoms with Crippen molar-refractivity contribution in [2.75, 3.05) is 4.90 Å². The minimum Gasteiger partial charge on any atom is -0.309 e. The zero-order chi connectivity index (χ0) is 43.6. The molecule has 0 aliphatic heterocycles. The number of aromatic nitrogens is 1. The molecule has 0 aliphatic rings. The quantitative estimate of drug-likeness (QED) is 0.145. The van der Waals surface area contributed by atoms with Gasteiger partial charge in [-0.1, -0.05) is 200 Å². The Morgan fingerprint density at radius 2 is 0.788 bits per heavy atom. The molecule has 0 radical (unpaired) electrons. The molecule has 13 rings (SSSR count).